The van der Waals surface area contributed by atoms with E-state index in [0.29, 0.717) is 11.8 Å². The molecule has 0 aromatic carbocycles. The van der Waals surface area contributed by atoms with E-state index < -0.39 is 5.91 Å². The van der Waals surface area contributed by atoms with E-state index in [9.17, 15) is 4.79 Å². The first-order chi connectivity index (χ1) is 7.16. The first kappa shape index (κ1) is 9.92. The SMILES string of the molecule is C[C@H]1NC[C@@H]1Oc1ccc(C(N)=O)nc1. The predicted octanol–water partition coefficient (Wildman–Crippen LogP) is -0.0804. The zero-order valence-electron chi connectivity index (χ0n) is 8.43. The van der Waals surface area contributed by atoms with Crippen molar-refractivity contribution in [1.82, 2.24) is 10.3 Å². The first-order valence-electron chi connectivity index (χ1n) is 4.82. The fraction of sp³-hybridized carbons (Fsp3) is 0.400. The van der Waals surface area contributed by atoms with Gasteiger partial charge in [-0.25, -0.2) is 4.98 Å². The molecular formula is C10H13N3O2. The molecule has 0 aliphatic carbocycles. The van der Waals surface area contributed by atoms with E-state index in [1.54, 1.807) is 12.1 Å². The lowest BCUT2D eigenvalue weighted by molar-refractivity contribution is 0.0932. The number of rotatable bonds is 3. The van der Waals surface area contributed by atoms with E-state index in [0.717, 1.165) is 6.54 Å². The highest BCUT2D eigenvalue weighted by Crippen LogP contribution is 2.15. The summed E-state index contributed by atoms with van der Waals surface area (Å²) in [5, 5.41) is 3.19. The van der Waals surface area contributed by atoms with Gasteiger partial charge in [0.25, 0.3) is 5.91 Å². The minimum absolute atomic E-state index is 0.186. The molecular weight excluding hydrogens is 194 g/mol. The first-order valence-corrected chi connectivity index (χ1v) is 4.82. The van der Waals surface area contributed by atoms with Crippen LogP contribution in [0.1, 0.15) is 17.4 Å². The third-order valence-electron chi connectivity index (χ3n) is 2.47. The van der Waals surface area contributed by atoms with Crippen molar-refractivity contribution < 1.29 is 9.53 Å². The number of ether oxygens (including phenoxy) is 1. The van der Waals surface area contributed by atoms with Crippen LogP contribution < -0.4 is 15.8 Å². The molecule has 0 spiro atoms. The summed E-state index contributed by atoms with van der Waals surface area (Å²) in [7, 11) is 0. The van der Waals surface area contributed by atoms with E-state index in [1.807, 2.05) is 0 Å². The van der Waals surface area contributed by atoms with Crippen LogP contribution in [0.25, 0.3) is 0 Å². The molecule has 5 nitrogen and oxygen atoms in total. The highest BCUT2D eigenvalue weighted by molar-refractivity contribution is 5.90. The summed E-state index contributed by atoms with van der Waals surface area (Å²) in [6, 6.07) is 3.63. The molecule has 80 valence electrons. The lowest BCUT2D eigenvalue weighted by Crippen LogP contribution is -2.58. The Morgan fingerprint density at radius 1 is 1.67 bits per heavy atom. The number of nitrogens with zero attached hydrogens (tertiary/aromatic N) is 1. The minimum Gasteiger partial charge on any atom is -0.486 e. The van der Waals surface area contributed by atoms with Crippen LogP contribution in [0.15, 0.2) is 18.3 Å². The molecule has 1 fully saturated rings. The van der Waals surface area contributed by atoms with E-state index >= 15 is 0 Å². The van der Waals surface area contributed by atoms with Crippen molar-refractivity contribution in [3.8, 4) is 5.75 Å². The number of aromatic nitrogens is 1. The van der Waals surface area contributed by atoms with Crippen molar-refractivity contribution in [3.05, 3.63) is 24.0 Å². The summed E-state index contributed by atoms with van der Waals surface area (Å²) >= 11 is 0. The molecule has 1 aromatic rings. The van der Waals surface area contributed by atoms with E-state index in [1.165, 1.54) is 6.20 Å². The van der Waals surface area contributed by atoms with Gasteiger partial charge in [0.05, 0.1) is 6.20 Å². The number of hydrogen-bond acceptors (Lipinski definition) is 4. The average Bonchev–Trinajstić information content (AvgIpc) is 2.24. The van der Waals surface area contributed by atoms with Crippen LogP contribution in [0, 0.1) is 0 Å². The van der Waals surface area contributed by atoms with Gasteiger partial charge in [-0.3, -0.25) is 4.79 Å². The fourth-order valence-electron chi connectivity index (χ4n) is 1.36. The lowest BCUT2D eigenvalue weighted by atomic mass is 10.1. The number of primary amides is 1. The highest BCUT2D eigenvalue weighted by atomic mass is 16.5. The van der Waals surface area contributed by atoms with Crippen LogP contribution in [0.4, 0.5) is 0 Å². The number of nitrogens with one attached hydrogen (secondary N) is 1. The van der Waals surface area contributed by atoms with Crippen LogP contribution in [0.5, 0.6) is 5.75 Å². The van der Waals surface area contributed by atoms with Gasteiger partial charge in [-0.2, -0.15) is 0 Å². The summed E-state index contributed by atoms with van der Waals surface area (Å²) in [6.45, 7) is 2.90. The standard InChI is InChI=1S/C10H13N3O2/c1-6-9(5-12-6)15-7-2-3-8(10(11)14)13-4-7/h2-4,6,9,12H,5H2,1H3,(H2,11,14)/t6-,9+/m1/s1. The Balaban J connectivity index is 2.01. The maximum absolute atomic E-state index is 10.8. The largest absolute Gasteiger partial charge is 0.486 e. The molecule has 1 amide bonds. The number of hydrogen-bond donors (Lipinski definition) is 2. The molecule has 1 saturated heterocycles. The van der Waals surface area contributed by atoms with Gasteiger partial charge in [-0.05, 0) is 19.1 Å². The Kier molecular flexibility index (Phi) is 2.55. The molecule has 0 saturated carbocycles. The van der Waals surface area contributed by atoms with Crippen molar-refractivity contribution in [3.63, 3.8) is 0 Å². The molecule has 0 unspecified atom stereocenters. The Hall–Kier alpha value is -1.62. The van der Waals surface area contributed by atoms with Crippen molar-refractivity contribution in [2.24, 2.45) is 5.73 Å². The zero-order valence-corrected chi connectivity index (χ0v) is 8.43. The molecule has 0 bridgehead atoms. The van der Waals surface area contributed by atoms with Gasteiger partial charge in [0, 0.05) is 12.6 Å². The van der Waals surface area contributed by atoms with E-state index in [2.05, 4.69) is 17.2 Å². The van der Waals surface area contributed by atoms with Crippen molar-refractivity contribution in [2.45, 2.75) is 19.1 Å². The molecule has 1 aliphatic rings. The topological polar surface area (TPSA) is 77.2 Å². The average molecular weight is 207 g/mol. The molecule has 3 N–H and O–H groups in total. The molecule has 1 aromatic heterocycles. The second-order valence-corrected chi connectivity index (χ2v) is 3.60. The van der Waals surface area contributed by atoms with Crippen LogP contribution >= 0.6 is 0 Å². The summed E-state index contributed by atoms with van der Waals surface area (Å²) < 4.78 is 5.62. The minimum atomic E-state index is -0.528. The van der Waals surface area contributed by atoms with Crippen LogP contribution in [0.2, 0.25) is 0 Å². The van der Waals surface area contributed by atoms with Crippen LogP contribution in [-0.2, 0) is 0 Å². The number of pyridine rings is 1. The monoisotopic (exact) mass is 207 g/mol. The van der Waals surface area contributed by atoms with Gasteiger partial charge in [0.15, 0.2) is 0 Å². The van der Waals surface area contributed by atoms with Gasteiger partial charge >= 0.3 is 0 Å². The third-order valence-corrected chi connectivity index (χ3v) is 2.47. The second-order valence-electron chi connectivity index (χ2n) is 3.60. The molecule has 2 rings (SSSR count). The van der Waals surface area contributed by atoms with E-state index in [4.69, 9.17) is 10.5 Å². The quantitative estimate of drug-likeness (QED) is 0.726. The second kappa shape index (κ2) is 3.86. The fourth-order valence-corrected chi connectivity index (χ4v) is 1.36. The third kappa shape index (κ3) is 2.07. The Bertz CT molecular complexity index is 363. The molecule has 0 radical (unpaired) electrons. The number of nitrogens with two attached hydrogens (primary N) is 1. The van der Waals surface area contributed by atoms with E-state index in [-0.39, 0.29) is 11.8 Å². The Morgan fingerprint density at radius 2 is 2.47 bits per heavy atom. The zero-order chi connectivity index (χ0) is 10.8. The molecule has 15 heavy (non-hydrogen) atoms. The normalized spacial score (nSPS) is 24.3. The molecule has 2 atom stereocenters. The molecule has 5 heteroatoms. The maximum Gasteiger partial charge on any atom is 0.267 e. The summed E-state index contributed by atoms with van der Waals surface area (Å²) in [6.07, 6.45) is 1.71. The van der Waals surface area contributed by atoms with Crippen molar-refractivity contribution in [2.75, 3.05) is 6.54 Å². The molecule has 1 aliphatic heterocycles. The Labute approximate surface area is 87.6 Å². The number of amides is 1. The summed E-state index contributed by atoms with van der Waals surface area (Å²) in [5.41, 5.74) is 5.32. The van der Waals surface area contributed by atoms with Gasteiger partial charge < -0.3 is 15.8 Å². The smallest absolute Gasteiger partial charge is 0.267 e. The van der Waals surface area contributed by atoms with Crippen LogP contribution in [-0.4, -0.2) is 29.6 Å². The summed E-state index contributed by atoms with van der Waals surface area (Å²) in [5.74, 6) is 0.138. The van der Waals surface area contributed by atoms with Crippen molar-refractivity contribution >= 4 is 5.91 Å². The van der Waals surface area contributed by atoms with Gasteiger partial charge in [0.1, 0.15) is 17.5 Å². The lowest BCUT2D eigenvalue weighted by Gasteiger charge is -2.35. The highest BCUT2D eigenvalue weighted by Gasteiger charge is 2.27. The van der Waals surface area contributed by atoms with Crippen LogP contribution in [0.3, 0.4) is 0 Å². The number of carbonyl (C=O) groups is 1. The maximum atomic E-state index is 10.8. The summed E-state index contributed by atoms with van der Waals surface area (Å²) in [4.78, 5) is 14.7. The Morgan fingerprint density at radius 3 is 2.87 bits per heavy atom. The number of carbonyl (C=O) groups excluding carboxylic acids is 1. The van der Waals surface area contributed by atoms with Gasteiger partial charge in [0.2, 0.25) is 0 Å². The molecule has 2 heterocycles. The van der Waals surface area contributed by atoms with Gasteiger partial charge in [-0.15, -0.1) is 0 Å². The van der Waals surface area contributed by atoms with Gasteiger partial charge in [-0.1, -0.05) is 0 Å². The predicted molar refractivity (Wildman–Crippen MR) is 54.6 cm³/mol. The van der Waals surface area contributed by atoms with Crippen molar-refractivity contribution in [1.29, 1.82) is 0 Å².